The van der Waals surface area contributed by atoms with Gasteiger partial charge < -0.3 is 19.5 Å². The number of rotatable bonds is 8. The SMILES string of the molecule is CCOC(=O)c1cc(NC(=O)CN(c2ccc3c(c2)OCCO3)S(=O)(=O)CC)ccc1Cl. The summed E-state index contributed by atoms with van der Waals surface area (Å²) in [7, 11) is -3.78. The molecule has 0 atom stereocenters. The van der Waals surface area contributed by atoms with Gasteiger partial charge in [0.25, 0.3) is 0 Å². The van der Waals surface area contributed by atoms with Crippen molar-refractivity contribution in [2.45, 2.75) is 13.8 Å². The quantitative estimate of drug-likeness (QED) is 0.575. The Bertz CT molecular complexity index is 1120. The Labute approximate surface area is 191 Å². The molecule has 1 heterocycles. The number of hydrogen-bond donors (Lipinski definition) is 1. The second kappa shape index (κ2) is 10.1. The van der Waals surface area contributed by atoms with Gasteiger partial charge in [-0.1, -0.05) is 11.6 Å². The van der Waals surface area contributed by atoms with Crippen LogP contribution < -0.4 is 19.1 Å². The van der Waals surface area contributed by atoms with Crippen LogP contribution in [0.4, 0.5) is 11.4 Å². The number of esters is 1. The number of sulfonamides is 1. The number of halogens is 1. The summed E-state index contributed by atoms with van der Waals surface area (Å²) in [6.07, 6.45) is 0. The zero-order valence-corrected chi connectivity index (χ0v) is 19.2. The predicted octanol–water partition coefficient (Wildman–Crippen LogP) is 3.08. The van der Waals surface area contributed by atoms with E-state index in [1.165, 1.54) is 31.2 Å². The highest BCUT2D eigenvalue weighted by Gasteiger charge is 2.26. The Kier molecular flexibility index (Phi) is 7.47. The molecule has 0 aliphatic carbocycles. The maximum absolute atomic E-state index is 12.7. The van der Waals surface area contributed by atoms with Crippen molar-refractivity contribution in [1.82, 2.24) is 0 Å². The molecule has 0 spiro atoms. The lowest BCUT2D eigenvalue weighted by Crippen LogP contribution is -2.39. The molecule has 1 N–H and O–H groups in total. The van der Waals surface area contributed by atoms with E-state index in [0.717, 1.165) is 4.31 Å². The number of fused-ring (bicyclic) bond motifs is 1. The van der Waals surface area contributed by atoms with Crippen LogP contribution in [-0.2, 0) is 19.6 Å². The minimum absolute atomic E-state index is 0.0937. The predicted molar refractivity (Wildman–Crippen MR) is 120 cm³/mol. The first-order valence-corrected chi connectivity index (χ1v) is 11.9. The third kappa shape index (κ3) is 5.43. The van der Waals surface area contributed by atoms with Gasteiger partial charge in [0, 0.05) is 11.8 Å². The molecule has 0 aromatic heterocycles. The first-order chi connectivity index (χ1) is 15.2. The molecular weight excluding hydrogens is 460 g/mol. The molecule has 172 valence electrons. The van der Waals surface area contributed by atoms with Crippen molar-refractivity contribution in [3.63, 3.8) is 0 Å². The number of hydrogen-bond acceptors (Lipinski definition) is 7. The molecule has 0 unspecified atom stereocenters. The number of nitrogens with zero attached hydrogens (tertiary/aromatic N) is 1. The Balaban J connectivity index is 1.83. The summed E-state index contributed by atoms with van der Waals surface area (Å²) in [6.45, 7) is 3.59. The van der Waals surface area contributed by atoms with E-state index >= 15 is 0 Å². The fourth-order valence-corrected chi connectivity index (χ4v) is 4.25. The Morgan fingerprint density at radius 3 is 2.50 bits per heavy atom. The van der Waals surface area contributed by atoms with Crippen LogP contribution in [0.1, 0.15) is 24.2 Å². The number of amides is 1. The fraction of sp³-hybridized carbons (Fsp3) is 0.333. The Morgan fingerprint density at radius 1 is 1.09 bits per heavy atom. The van der Waals surface area contributed by atoms with E-state index in [1.807, 2.05) is 0 Å². The molecule has 9 nitrogen and oxygen atoms in total. The van der Waals surface area contributed by atoms with Crippen LogP contribution in [0.15, 0.2) is 36.4 Å². The lowest BCUT2D eigenvalue weighted by molar-refractivity contribution is -0.114. The molecule has 2 aromatic rings. The summed E-state index contributed by atoms with van der Waals surface area (Å²) in [5, 5.41) is 2.77. The molecule has 0 radical (unpaired) electrons. The lowest BCUT2D eigenvalue weighted by Gasteiger charge is -2.25. The van der Waals surface area contributed by atoms with E-state index in [9.17, 15) is 18.0 Å². The molecule has 1 aliphatic rings. The summed E-state index contributed by atoms with van der Waals surface area (Å²) in [5.41, 5.74) is 0.643. The number of carbonyl (C=O) groups excluding carboxylic acids is 2. The van der Waals surface area contributed by atoms with Gasteiger partial charge in [0.2, 0.25) is 15.9 Å². The van der Waals surface area contributed by atoms with Gasteiger partial charge >= 0.3 is 5.97 Å². The van der Waals surface area contributed by atoms with Crippen LogP contribution in [0.3, 0.4) is 0 Å². The van der Waals surface area contributed by atoms with Gasteiger partial charge in [0.05, 0.1) is 28.6 Å². The number of anilines is 2. The van der Waals surface area contributed by atoms with E-state index in [2.05, 4.69) is 5.32 Å². The number of nitrogens with one attached hydrogen (secondary N) is 1. The Morgan fingerprint density at radius 2 is 1.81 bits per heavy atom. The minimum atomic E-state index is -3.78. The van der Waals surface area contributed by atoms with E-state index < -0.39 is 28.4 Å². The van der Waals surface area contributed by atoms with Gasteiger partial charge in [-0.3, -0.25) is 9.10 Å². The van der Waals surface area contributed by atoms with Gasteiger partial charge in [-0.2, -0.15) is 0 Å². The number of benzene rings is 2. The van der Waals surface area contributed by atoms with Crippen LogP contribution >= 0.6 is 11.6 Å². The highest BCUT2D eigenvalue weighted by atomic mass is 35.5. The van der Waals surface area contributed by atoms with Crippen LogP contribution in [0.5, 0.6) is 11.5 Å². The lowest BCUT2D eigenvalue weighted by atomic mass is 10.2. The van der Waals surface area contributed by atoms with Gasteiger partial charge in [-0.15, -0.1) is 0 Å². The van der Waals surface area contributed by atoms with E-state index in [4.69, 9.17) is 25.8 Å². The zero-order chi connectivity index (χ0) is 23.3. The summed E-state index contributed by atoms with van der Waals surface area (Å²) < 4.78 is 42.4. The maximum atomic E-state index is 12.7. The van der Waals surface area contributed by atoms with Crippen molar-refractivity contribution >= 4 is 44.9 Å². The third-order valence-corrected chi connectivity index (χ3v) is 6.62. The van der Waals surface area contributed by atoms with Crippen molar-refractivity contribution in [2.24, 2.45) is 0 Å². The molecule has 1 amide bonds. The monoisotopic (exact) mass is 482 g/mol. The standard InChI is InChI=1S/C21H23ClN2O7S/c1-3-29-21(26)16-11-14(5-7-17(16)22)23-20(25)13-24(32(27,28)4-2)15-6-8-18-19(12-15)31-10-9-30-18/h5-8,11-12H,3-4,9-10,13H2,1-2H3,(H,23,25). The van der Waals surface area contributed by atoms with E-state index in [0.29, 0.717) is 24.7 Å². The normalized spacial score (nSPS) is 12.7. The Hall–Kier alpha value is -2.98. The highest BCUT2D eigenvalue weighted by Crippen LogP contribution is 2.35. The molecular formula is C21H23ClN2O7S. The molecule has 0 fully saturated rings. The molecule has 1 aliphatic heterocycles. The van der Waals surface area contributed by atoms with Gasteiger partial charge in [-0.05, 0) is 44.2 Å². The van der Waals surface area contributed by atoms with E-state index in [-0.39, 0.29) is 34.3 Å². The first-order valence-electron chi connectivity index (χ1n) is 9.91. The van der Waals surface area contributed by atoms with Crippen LogP contribution in [0.2, 0.25) is 5.02 Å². The summed E-state index contributed by atoms with van der Waals surface area (Å²) in [4.78, 5) is 24.7. The molecule has 0 saturated heterocycles. The van der Waals surface area contributed by atoms with Crippen LogP contribution in [0.25, 0.3) is 0 Å². The van der Waals surface area contributed by atoms with E-state index in [1.54, 1.807) is 19.1 Å². The average Bonchev–Trinajstić information content (AvgIpc) is 2.78. The molecule has 0 bridgehead atoms. The number of carbonyl (C=O) groups is 2. The van der Waals surface area contributed by atoms with Gasteiger partial charge in [0.1, 0.15) is 19.8 Å². The van der Waals surface area contributed by atoms with Crippen LogP contribution in [0, 0.1) is 0 Å². The summed E-state index contributed by atoms with van der Waals surface area (Å²) >= 11 is 6.04. The topological polar surface area (TPSA) is 111 Å². The van der Waals surface area contributed by atoms with Gasteiger partial charge in [0.15, 0.2) is 11.5 Å². The molecule has 11 heteroatoms. The third-order valence-electron chi connectivity index (χ3n) is 4.55. The maximum Gasteiger partial charge on any atom is 0.339 e. The van der Waals surface area contributed by atoms with Gasteiger partial charge in [-0.25, -0.2) is 13.2 Å². The van der Waals surface area contributed by atoms with Crippen molar-refractivity contribution in [3.05, 3.63) is 47.0 Å². The molecule has 0 saturated carbocycles. The second-order valence-electron chi connectivity index (χ2n) is 6.70. The van der Waals surface area contributed by atoms with Crippen LogP contribution in [-0.4, -0.2) is 52.4 Å². The van der Waals surface area contributed by atoms with Crippen molar-refractivity contribution < 1.29 is 32.2 Å². The minimum Gasteiger partial charge on any atom is -0.486 e. The first kappa shape index (κ1) is 23.7. The second-order valence-corrected chi connectivity index (χ2v) is 9.29. The summed E-state index contributed by atoms with van der Waals surface area (Å²) in [5.74, 6) is -0.523. The average molecular weight is 483 g/mol. The van der Waals surface area contributed by atoms with Crippen molar-refractivity contribution in [3.8, 4) is 11.5 Å². The fourth-order valence-electron chi connectivity index (χ4n) is 2.99. The largest absolute Gasteiger partial charge is 0.486 e. The van der Waals surface area contributed by atoms with Crippen molar-refractivity contribution in [1.29, 1.82) is 0 Å². The van der Waals surface area contributed by atoms with Crippen molar-refractivity contribution in [2.75, 3.05) is 41.7 Å². The smallest absolute Gasteiger partial charge is 0.339 e. The molecule has 32 heavy (non-hydrogen) atoms. The summed E-state index contributed by atoms with van der Waals surface area (Å²) in [6, 6.07) is 9.01. The number of ether oxygens (including phenoxy) is 3. The molecule has 3 rings (SSSR count). The zero-order valence-electron chi connectivity index (χ0n) is 17.6. The highest BCUT2D eigenvalue weighted by molar-refractivity contribution is 7.92. The molecule has 2 aromatic carbocycles.